The molecule has 2 aromatic carbocycles. The normalized spacial score (nSPS) is 18.3. The summed E-state index contributed by atoms with van der Waals surface area (Å²) in [6, 6.07) is 14.5. The van der Waals surface area contributed by atoms with E-state index >= 15 is 0 Å². The molecule has 29 heavy (non-hydrogen) atoms. The maximum Gasteiger partial charge on any atom is 0.226 e. The molecule has 4 nitrogen and oxygen atoms in total. The van der Waals surface area contributed by atoms with Gasteiger partial charge in [0.2, 0.25) is 11.8 Å². The molecule has 1 saturated heterocycles. The summed E-state index contributed by atoms with van der Waals surface area (Å²) in [6.45, 7) is 1.27. The maximum atomic E-state index is 14.0. The van der Waals surface area contributed by atoms with Gasteiger partial charge in [-0.05, 0) is 49.3 Å². The zero-order valence-corrected chi connectivity index (χ0v) is 16.8. The first-order chi connectivity index (χ1) is 14.0. The highest BCUT2D eigenvalue weighted by atomic mass is 19.1. The number of carbonyl (C=O) groups excluding carboxylic acids is 2. The van der Waals surface area contributed by atoms with Gasteiger partial charge in [0.1, 0.15) is 5.82 Å². The van der Waals surface area contributed by atoms with Crippen LogP contribution in [0.4, 0.5) is 4.39 Å². The number of benzene rings is 2. The molecule has 1 saturated carbocycles. The molecule has 0 aromatic heterocycles. The maximum absolute atomic E-state index is 14.0. The third-order valence-electron chi connectivity index (χ3n) is 6.35. The van der Waals surface area contributed by atoms with Crippen LogP contribution in [0.5, 0.6) is 0 Å². The summed E-state index contributed by atoms with van der Waals surface area (Å²) in [6.07, 6.45) is 3.96. The van der Waals surface area contributed by atoms with E-state index in [1.54, 1.807) is 19.2 Å². The number of likely N-dealkylation sites (tertiary alicyclic amines) is 1. The van der Waals surface area contributed by atoms with E-state index in [1.807, 2.05) is 35.2 Å². The van der Waals surface area contributed by atoms with Crippen LogP contribution in [-0.4, -0.2) is 36.9 Å². The first-order valence-corrected chi connectivity index (χ1v) is 10.4. The number of hydrogen-bond donors (Lipinski definition) is 1. The first-order valence-electron chi connectivity index (χ1n) is 10.4. The fraction of sp³-hybridized carbons (Fsp3) is 0.417. The molecule has 0 spiro atoms. The van der Waals surface area contributed by atoms with E-state index in [0.29, 0.717) is 37.9 Å². The molecule has 5 heteroatoms. The lowest BCUT2D eigenvalue weighted by Crippen LogP contribution is -2.51. The van der Waals surface area contributed by atoms with Crippen LogP contribution in [0.1, 0.15) is 31.2 Å². The van der Waals surface area contributed by atoms with Crippen LogP contribution < -0.4 is 5.32 Å². The van der Waals surface area contributed by atoms with Crippen molar-refractivity contribution in [2.24, 2.45) is 11.3 Å². The van der Waals surface area contributed by atoms with Crippen molar-refractivity contribution in [2.45, 2.75) is 32.1 Å². The summed E-state index contributed by atoms with van der Waals surface area (Å²) in [7, 11) is 1.67. The van der Waals surface area contributed by atoms with Gasteiger partial charge in [-0.15, -0.1) is 0 Å². The highest BCUT2D eigenvalue weighted by Crippen LogP contribution is 2.38. The van der Waals surface area contributed by atoms with Crippen LogP contribution in [0, 0.1) is 17.2 Å². The van der Waals surface area contributed by atoms with Crippen molar-refractivity contribution in [3.63, 3.8) is 0 Å². The number of halogens is 1. The van der Waals surface area contributed by atoms with Gasteiger partial charge in [0.05, 0.1) is 5.41 Å². The van der Waals surface area contributed by atoms with Crippen LogP contribution in [0.15, 0.2) is 48.5 Å². The quantitative estimate of drug-likeness (QED) is 0.839. The second-order valence-electron chi connectivity index (χ2n) is 8.31. The van der Waals surface area contributed by atoms with Gasteiger partial charge >= 0.3 is 0 Å². The molecule has 152 valence electrons. The van der Waals surface area contributed by atoms with Crippen LogP contribution in [0.2, 0.25) is 0 Å². The predicted molar refractivity (Wildman–Crippen MR) is 111 cm³/mol. The molecule has 0 bridgehead atoms. The molecule has 0 atom stereocenters. The topological polar surface area (TPSA) is 49.4 Å². The number of nitrogens with zero attached hydrogens (tertiary/aromatic N) is 1. The van der Waals surface area contributed by atoms with Gasteiger partial charge in [-0.2, -0.15) is 0 Å². The number of rotatable bonds is 5. The Labute approximate surface area is 171 Å². The van der Waals surface area contributed by atoms with Gasteiger partial charge in [0, 0.05) is 31.6 Å². The van der Waals surface area contributed by atoms with E-state index in [0.717, 1.165) is 24.0 Å². The van der Waals surface area contributed by atoms with Gasteiger partial charge < -0.3 is 10.2 Å². The summed E-state index contributed by atoms with van der Waals surface area (Å²) in [5.41, 5.74) is 1.95. The highest BCUT2D eigenvalue weighted by Gasteiger charge is 2.43. The lowest BCUT2D eigenvalue weighted by molar-refractivity contribution is -0.141. The number of nitrogens with one attached hydrogen (secondary N) is 1. The molecule has 0 radical (unpaired) electrons. The smallest absolute Gasteiger partial charge is 0.226 e. The average molecular weight is 394 g/mol. The molecular weight excluding hydrogens is 367 g/mol. The molecule has 1 N–H and O–H groups in total. The number of hydrogen-bond acceptors (Lipinski definition) is 2. The largest absolute Gasteiger partial charge is 0.359 e. The summed E-state index contributed by atoms with van der Waals surface area (Å²) >= 11 is 0. The van der Waals surface area contributed by atoms with E-state index in [2.05, 4.69) is 5.32 Å². The average Bonchev–Trinajstić information content (AvgIpc) is 3.60. The van der Waals surface area contributed by atoms with Gasteiger partial charge in [-0.25, -0.2) is 4.39 Å². The number of piperidine rings is 1. The molecule has 2 fully saturated rings. The SMILES string of the molecule is CNC(=O)C1(Cc2ccc(-c3ccccc3F)cc2)CCN(C(=O)C2CC2)CC1. The Morgan fingerprint density at radius 1 is 1.07 bits per heavy atom. The molecule has 2 aliphatic rings. The van der Waals surface area contributed by atoms with Crippen molar-refractivity contribution < 1.29 is 14.0 Å². The molecule has 2 amide bonds. The molecule has 2 aromatic rings. The Morgan fingerprint density at radius 3 is 2.31 bits per heavy atom. The van der Waals surface area contributed by atoms with Crippen molar-refractivity contribution >= 4 is 11.8 Å². The van der Waals surface area contributed by atoms with E-state index in [4.69, 9.17) is 0 Å². The second-order valence-corrected chi connectivity index (χ2v) is 8.31. The Hall–Kier alpha value is -2.69. The van der Waals surface area contributed by atoms with E-state index in [1.165, 1.54) is 6.07 Å². The summed E-state index contributed by atoms with van der Waals surface area (Å²) in [5, 5.41) is 2.83. The van der Waals surface area contributed by atoms with Crippen molar-refractivity contribution in [1.82, 2.24) is 10.2 Å². The standard InChI is InChI=1S/C24H27FN2O2/c1-26-23(29)24(12-14-27(15-13-24)22(28)19-10-11-19)16-17-6-8-18(9-7-17)20-4-2-3-5-21(20)25/h2-9,19H,10-16H2,1H3,(H,26,29). The Balaban J connectivity index is 1.49. The summed E-state index contributed by atoms with van der Waals surface area (Å²) < 4.78 is 14.0. The monoisotopic (exact) mass is 394 g/mol. The summed E-state index contributed by atoms with van der Waals surface area (Å²) in [4.78, 5) is 27.1. The third-order valence-corrected chi connectivity index (χ3v) is 6.35. The number of carbonyl (C=O) groups is 2. The van der Waals surface area contributed by atoms with Gasteiger partial charge in [0.15, 0.2) is 0 Å². The minimum Gasteiger partial charge on any atom is -0.359 e. The van der Waals surface area contributed by atoms with Crippen LogP contribution >= 0.6 is 0 Å². The number of amides is 2. The molecule has 1 heterocycles. The molecular formula is C24H27FN2O2. The Kier molecular flexibility index (Phi) is 5.39. The van der Waals surface area contributed by atoms with Crippen molar-refractivity contribution in [3.8, 4) is 11.1 Å². The van der Waals surface area contributed by atoms with Gasteiger partial charge in [0.25, 0.3) is 0 Å². The van der Waals surface area contributed by atoms with Gasteiger partial charge in [-0.3, -0.25) is 9.59 Å². The van der Waals surface area contributed by atoms with E-state index < -0.39 is 5.41 Å². The lowest BCUT2D eigenvalue weighted by atomic mass is 9.72. The van der Waals surface area contributed by atoms with Crippen molar-refractivity contribution in [2.75, 3.05) is 20.1 Å². The lowest BCUT2D eigenvalue weighted by Gasteiger charge is -2.40. The summed E-state index contributed by atoms with van der Waals surface area (Å²) in [5.74, 6) is 0.266. The van der Waals surface area contributed by atoms with Crippen LogP contribution in [-0.2, 0) is 16.0 Å². The minimum atomic E-state index is -0.505. The predicted octanol–water partition coefficient (Wildman–Crippen LogP) is 3.80. The zero-order chi connectivity index (χ0) is 20.4. The highest BCUT2D eigenvalue weighted by molar-refractivity contribution is 5.84. The minimum absolute atomic E-state index is 0.0363. The fourth-order valence-corrected chi connectivity index (χ4v) is 4.38. The zero-order valence-electron chi connectivity index (χ0n) is 16.8. The Bertz CT molecular complexity index is 897. The van der Waals surface area contributed by atoms with E-state index in [9.17, 15) is 14.0 Å². The molecule has 1 aliphatic carbocycles. The molecule has 0 unspecified atom stereocenters. The third kappa shape index (κ3) is 4.04. The second kappa shape index (κ2) is 7.97. The van der Waals surface area contributed by atoms with Crippen LogP contribution in [0.25, 0.3) is 11.1 Å². The van der Waals surface area contributed by atoms with Crippen molar-refractivity contribution in [3.05, 3.63) is 59.9 Å². The van der Waals surface area contributed by atoms with Crippen molar-refractivity contribution in [1.29, 1.82) is 0 Å². The van der Waals surface area contributed by atoms with Crippen LogP contribution in [0.3, 0.4) is 0 Å². The van der Waals surface area contributed by atoms with E-state index in [-0.39, 0.29) is 23.5 Å². The molecule has 1 aliphatic heterocycles. The van der Waals surface area contributed by atoms with Gasteiger partial charge in [-0.1, -0.05) is 42.5 Å². The Morgan fingerprint density at radius 2 is 1.72 bits per heavy atom. The first kappa shape index (κ1) is 19.6. The molecule has 4 rings (SSSR count). The fourth-order valence-electron chi connectivity index (χ4n) is 4.38.